The number of ether oxygens (including phenoxy) is 2. The van der Waals surface area contributed by atoms with Crippen LogP contribution in [0.1, 0.15) is 62.6 Å². The Morgan fingerprint density at radius 2 is 1.44 bits per heavy atom. The highest BCUT2D eigenvalue weighted by molar-refractivity contribution is 6.30. The number of nitrogens with one attached hydrogen (secondary N) is 1. The van der Waals surface area contributed by atoms with E-state index in [1.54, 1.807) is 0 Å². The number of halogens is 1. The summed E-state index contributed by atoms with van der Waals surface area (Å²) in [5.74, 6) is 1.38. The Morgan fingerprint density at radius 1 is 0.846 bits per heavy atom. The summed E-state index contributed by atoms with van der Waals surface area (Å²) < 4.78 is 11.5. The van der Waals surface area contributed by atoms with E-state index in [1.807, 2.05) is 60.7 Å². The first-order valence-electron chi connectivity index (χ1n) is 14.0. The number of carbonyl (C=O) groups excluding carboxylic acids is 1. The molecule has 1 fully saturated rings. The number of nitrogens with zero attached hydrogens (tertiary/aromatic N) is 1. The third-order valence-corrected chi connectivity index (χ3v) is 7.33. The number of piperidine rings is 1. The highest BCUT2D eigenvalue weighted by Crippen LogP contribution is 2.34. The predicted molar refractivity (Wildman–Crippen MR) is 161 cm³/mol. The van der Waals surface area contributed by atoms with Gasteiger partial charge < -0.3 is 14.8 Å². The molecule has 0 unspecified atom stereocenters. The summed E-state index contributed by atoms with van der Waals surface area (Å²) in [7, 11) is 0. The molecule has 0 aromatic heterocycles. The summed E-state index contributed by atoms with van der Waals surface area (Å²) in [6, 6.07) is 23.8. The van der Waals surface area contributed by atoms with Crippen molar-refractivity contribution in [2.24, 2.45) is 0 Å². The van der Waals surface area contributed by atoms with Crippen LogP contribution in [0.25, 0.3) is 11.1 Å². The molecule has 1 amide bonds. The van der Waals surface area contributed by atoms with Crippen LogP contribution in [0.5, 0.6) is 11.5 Å². The second-order valence-corrected chi connectivity index (χ2v) is 10.4. The Balaban J connectivity index is 1.52. The van der Waals surface area contributed by atoms with E-state index in [-0.39, 0.29) is 0 Å². The molecule has 3 aromatic carbocycles. The minimum Gasteiger partial charge on any atom is -0.492 e. The Hall–Kier alpha value is -3.28. The van der Waals surface area contributed by atoms with Gasteiger partial charge in [-0.05, 0) is 104 Å². The molecule has 1 heterocycles. The number of carbonyl (C=O) groups is 1. The molecule has 0 saturated carbocycles. The number of allylic oxidation sites excluding steroid dienone is 1. The number of hydrogen-bond donors (Lipinski definition) is 1. The predicted octanol–water partition coefficient (Wildman–Crippen LogP) is 8.07. The standard InChI is InChI=1S/C33H39ClN2O3/c1-3-4-20-35-33(37)39-31-18-12-28(13-19-31)32(25(2)26-8-14-29(34)15-9-26)27-10-16-30(17-11-27)38-24-23-36-21-6-5-7-22-36/h8-19H,3-7,20-24H2,1-2H3,(H,35,37)/b32-25+. The van der Waals surface area contributed by atoms with Gasteiger partial charge in [0.1, 0.15) is 18.1 Å². The third-order valence-electron chi connectivity index (χ3n) is 7.07. The lowest BCUT2D eigenvalue weighted by Crippen LogP contribution is -2.33. The minimum atomic E-state index is -0.430. The second kappa shape index (κ2) is 14.8. The van der Waals surface area contributed by atoms with Crippen molar-refractivity contribution < 1.29 is 14.3 Å². The highest BCUT2D eigenvalue weighted by Gasteiger charge is 2.13. The van der Waals surface area contributed by atoms with Gasteiger partial charge in [0, 0.05) is 18.1 Å². The van der Waals surface area contributed by atoms with Gasteiger partial charge in [-0.25, -0.2) is 4.79 Å². The van der Waals surface area contributed by atoms with Gasteiger partial charge in [0.25, 0.3) is 0 Å². The fraction of sp³-hybridized carbons (Fsp3) is 0.364. The van der Waals surface area contributed by atoms with Crippen LogP contribution < -0.4 is 14.8 Å². The molecule has 1 aliphatic rings. The third kappa shape index (κ3) is 8.61. The molecule has 5 nitrogen and oxygen atoms in total. The van der Waals surface area contributed by atoms with E-state index >= 15 is 0 Å². The van der Waals surface area contributed by atoms with Crippen molar-refractivity contribution in [2.75, 3.05) is 32.8 Å². The largest absolute Gasteiger partial charge is 0.492 e. The van der Waals surface area contributed by atoms with Gasteiger partial charge in [-0.3, -0.25) is 4.90 Å². The van der Waals surface area contributed by atoms with E-state index in [2.05, 4.69) is 36.2 Å². The summed E-state index contributed by atoms with van der Waals surface area (Å²) in [4.78, 5) is 14.6. The Kier molecular flexibility index (Phi) is 10.9. The summed E-state index contributed by atoms with van der Waals surface area (Å²) in [6.45, 7) is 8.82. The lowest BCUT2D eigenvalue weighted by atomic mass is 9.90. The average Bonchev–Trinajstić information content (AvgIpc) is 2.96. The molecule has 39 heavy (non-hydrogen) atoms. The van der Waals surface area contributed by atoms with Crippen LogP contribution in [0.3, 0.4) is 0 Å². The molecule has 206 valence electrons. The molecule has 0 spiro atoms. The van der Waals surface area contributed by atoms with Crippen molar-refractivity contribution in [3.8, 4) is 11.5 Å². The monoisotopic (exact) mass is 546 g/mol. The molecule has 0 atom stereocenters. The molecule has 0 radical (unpaired) electrons. The molecule has 1 aliphatic heterocycles. The summed E-state index contributed by atoms with van der Waals surface area (Å²) in [5, 5.41) is 3.49. The van der Waals surface area contributed by atoms with E-state index in [4.69, 9.17) is 21.1 Å². The molecular weight excluding hydrogens is 508 g/mol. The summed E-state index contributed by atoms with van der Waals surface area (Å²) >= 11 is 6.16. The van der Waals surface area contributed by atoms with E-state index < -0.39 is 6.09 Å². The van der Waals surface area contributed by atoms with E-state index in [1.165, 1.54) is 32.4 Å². The number of rotatable bonds is 11. The zero-order valence-electron chi connectivity index (χ0n) is 23.0. The topological polar surface area (TPSA) is 50.8 Å². The first kappa shape index (κ1) is 28.7. The molecule has 0 bridgehead atoms. The number of benzene rings is 3. The maximum atomic E-state index is 12.1. The van der Waals surface area contributed by atoms with Crippen molar-refractivity contribution >= 4 is 28.8 Å². The fourth-order valence-corrected chi connectivity index (χ4v) is 4.96. The van der Waals surface area contributed by atoms with Crippen molar-refractivity contribution in [3.05, 3.63) is 94.5 Å². The molecule has 0 aliphatic carbocycles. The number of likely N-dealkylation sites (tertiary alicyclic amines) is 1. The molecule has 1 N–H and O–H groups in total. The zero-order valence-corrected chi connectivity index (χ0v) is 23.8. The quantitative estimate of drug-likeness (QED) is 0.195. The van der Waals surface area contributed by atoms with Crippen LogP contribution in [0.4, 0.5) is 4.79 Å². The Labute approximate surface area is 237 Å². The van der Waals surface area contributed by atoms with Crippen molar-refractivity contribution in [2.45, 2.75) is 46.0 Å². The van der Waals surface area contributed by atoms with Gasteiger partial charge in [0.2, 0.25) is 0 Å². The van der Waals surface area contributed by atoms with E-state index in [9.17, 15) is 4.79 Å². The number of amides is 1. The van der Waals surface area contributed by atoms with Crippen LogP contribution in [0, 0.1) is 0 Å². The van der Waals surface area contributed by atoms with Gasteiger partial charge >= 0.3 is 6.09 Å². The van der Waals surface area contributed by atoms with Crippen LogP contribution in [0.2, 0.25) is 5.02 Å². The molecule has 3 aromatic rings. The summed E-state index contributed by atoms with van der Waals surface area (Å²) in [6.07, 6.45) is 5.43. The van der Waals surface area contributed by atoms with Crippen molar-refractivity contribution in [1.82, 2.24) is 10.2 Å². The van der Waals surface area contributed by atoms with Gasteiger partial charge in [-0.1, -0.05) is 67.8 Å². The van der Waals surface area contributed by atoms with Gasteiger partial charge in [0.05, 0.1) is 0 Å². The zero-order chi connectivity index (χ0) is 27.5. The molecule has 4 rings (SSSR count). The summed E-state index contributed by atoms with van der Waals surface area (Å²) in [5.41, 5.74) is 5.41. The van der Waals surface area contributed by atoms with Gasteiger partial charge in [-0.2, -0.15) is 0 Å². The lowest BCUT2D eigenvalue weighted by molar-refractivity contribution is 0.183. The van der Waals surface area contributed by atoms with E-state index in [0.717, 1.165) is 53.0 Å². The van der Waals surface area contributed by atoms with Crippen molar-refractivity contribution in [3.63, 3.8) is 0 Å². The van der Waals surface area contributed by atoms with Gasteiger partial charge in [0.15, 0.2) is 0 Å². The smallest absolute Gasteiger partial charge is 0.412 e. The lowest BCUT2D eigenvalue weighted by Gasteiger charge is -2.26. The Bertz CT molecular complexity index is 1220. The SMILES string of the molecule is CCCCNC(=O)Oc1ccc(/C(=C(\C)c2ccc(Cl)cc2)c2ccc(OCCN3CCCCC3)cc2)cc1. The maximum Gasteiger partial charge on any atom is 0.412 e. The molecule has 6 heteroatoms. The fourth-order valence-electron chi connectivity index (χ4n) is 4.84. The highest BCUT2D eigenvalue weighted by atomic mass is 35.5. The Morgan fingerprint density at radius 3 is 2.05 bits per heavy atom. The minimum absolute atomic E-state index is 0.430. The normalized spacial score (nSPS) is 14.4. The maximum absolute atomic E-state index is 12.1. The molecule has 1 saturated heterocycles. The first-order valence-corrected chi connectivity index (χ1v) is 14.4. The first-order chi connectivity index (χ1) is 19.0. The van der Waals surface area contributed by atoms with Crippen LogP contribution >= 0.6 is 11.6 Å². The molecular formula is C33H39ClN2O3. The van der Waals surface area contributed by atoms with Crippen LogP contribution in [-0.4, -0.2) is 43.8 Å². The number of unbranched alkanes of at least 4 members (excludes halogenated alkanes) is 1. The van der Waals surface area contributed by atoms with Crippen molar-refractivity contribution in [1.29, 1.82) is 0 Å². The average molecular weight is 547 g/mol. The second-order valence-electron chi connectivity index (χ2n) is 9.98. The number of hydrogen-bond acceptors (Lipinski definition) is 4. The van der Waals surface area contributed by atoms with Crippen LogP contribution in [-0.2, 0) is 0 Å². The van der Waals surface area contributed by atoms with E-state index in [0.29, 0.717) is 23.9 Å². The van der Waals surface area contributed by atoms with Gasteiger partial charge in [-0.15, -0.1) is 0 Å². The van der Waals surface area contributed by atoms with Crippen LogP contribution in [0.15, 0.2) is 72.8 Å².